The van der Waals surface area contributed by atoms with Crippen molar-refractivity contribution in [1.82, 2.24) is 20.7 Å². The van der Waals surface area contributed by atoms with Crippen LogP contribution in [0.4, 0.5) is 0 Å². The molecule has 1 saturated heterocycles. The fourth-order valence-electron chi connectivity index (χ4n) is 3.44. The monoisotopic (exact) mass is 416 g/mol. The highest BCUT2D eigenvalue weighted by atomic mass is 16.5. The number of amides is 2. The van der Waals surface area contributed by atoms with E-state index in [4.69, 9.17) is 4.74 Å². The maximum Gasteiger partial charge on any atom is 0.324 e. The van der Waals surface area contributed by atoms with Crippen LogP contribution in [0.3, 0.4) is 0 Å². The van der Waals surface area contributed by atoms with E-state index < -0.39 is 6.04 Å². The molecule has 8 heteroatoms. The maximum absolute atomic E-state index is 12.5. The molecule has 2 amide bonds. The summed E-state index contributed by atoms with van der Waals surface area (Å²) in [6.07, 6.45) is 6.49. The van der Waals surface area contributed by atoms with E-state index in [0.29, 0.717) is 26.0 Å². The number of aromatic nitrogens is 1. The molecule has 1 aromatic heterocycles. The summed E-state index contributed by atoms with van der Waals surface area (Å²) in [7, 11) is 0. The Hall–Kier alpha value is -2.48. The predicted octanol–water partition coefficient (Wildman–Crippen LogP) is 1.78. The Balaban J connectivity index is 1.42. The first-order valence-corrected chi connectivity index (χ1v) is 10.7. The smallest absolute Gasteiger partial charge is 0.324 e. The number of pyridine rings is 1. The zero-order valence-electron chi connectivity index (χ0n) is 18.0. The van der Waals surface area contributed by atoms with E-state index in [9.17, 15) is 14.4 Å². The van der Waals surface area contributed by atoms with Gasteiger partial charge in [-0.2, -0.15) is 0 Å². The van der Waals surface area contributed by atoms with Gasteiger partial charge in [-0.15, -0.1) is 0 Å². The number of nitrogens with zero attached hydrogens (tertiary/aromatic N) is 2. The van der Waals surface area contributed by atoms with Gasteiger partial charge in [0.15, 0.2) is 0 Å². The molecule has 0 bridgehead atoms. The molecule has 2 N–H and O–H groups in total. The van der Waals surface area contributed by atoms with Gasteiger partial charge in [-0.25, -0.2) is 5.43 Å². The number of carbonyl (C=O) groups is 3. The molecule has 0 aromatic carbocycles. The highest BCUT2D eigenvalue weighted by Gasteiger charge is 2.44. The number of esters is 1. The van der Waals surface area contributed by atoms with Gasteiger partial charge in [0.1, 0.15) is 6.04 Å². The van der Waals surface area contributed by atoms with Crippen molar-refractivity contribution in [2.24, 2.45) is 11.3 Å². The Morgan fingerprint density at radius 2 is 2.17 bits per heavy atom. The summed E-state index contributed by atoms with van der Waals surface area (Å²) < 4.78 is 5.44. The lowest BCUT2D eigenvalue weighted by atomic mass is 9.92. The molecule has 30 heavy (non-hydrogen) atoms. The largest absolute Gasteiger partial charge is 0.464 e. The molecule has 3 atom stereocenters. The standard InChI is InChI=1S/C22H32N4O4/c1-4-22(2,3)14-30-21(29)18-8-6-10-26(25-18)19(27)13-24-20(28)17-11-16(17)15-7-5-9-23-12-15/h5,7,9,12,16-18,25H,4,6,8,10-11,13-14H2,1-3H3,(H,24,28)/t16-,17+,18-/m0/s1. The zero-order chi connectivity index (χ0) is 21.7. The van der Waals surface area contributed by atoms with Crippen molar-refractivity contribution >= 4 is 17.8 Å². The van der Waals surface area contributed by atoms with Crippen LogP contribution in [0.15, 0.2) is 24.5 Å². The minimum atomic E-state index is -0.538. The molecular weight excluding hydrogens is 384 g/mol. The van der Waals surface area contributed by atoms with Gasteiger partial charge in [0.25, 0.3) is 5.91 Å². The highest BCUT2D eigenvalue weighted by molar-refractivity contribution is 5.88. The number of hydrazine groups is 1. The van der Waals surface area contributed by atoms with E-state index in [-0.39, 0.29) is 41.6 Å². The van der Waals surface area contributed by atoms with Crippen LogP contribution in [0.2, 0.25) is 0 Å². The summed E-state index contributed by atoms with van der Waals surface area (Å²) in [5, 5.41) is 4.15. The quantitative estimate of drug-likeness (QED) is 0.627. The maximum atomic E-state index is 12.5. The molecule has 0 spiro atoms. The van der Waals surface area contributed by atoms with E-state index in [1.807, 2.05) is 26.0 Å². The first-order chi connectivity index (χ1) is 14.3. The molecule has 2 aliphatic rings. The third kappa shape index (κ3) is 5.78. The Morgan fingerprint density at radius 3 is 2.87 bits per heavy atom. The van der Waals surface area contributed by atoms with Gasteiger partial charge in [0, 0.05) is 24.9 Å². The van der Waals surface area contributed by atoms with E-state index >= 15 is 0 Å². The van der Waals surface area contributed by atoms with Gasteiger partial charge in [0.05, 0.1) is 13.2 Å². The van der Waals surface area contributed by atoms with Crippen LogP contribution in [0.1, 0.15) is 57.9 Å². The second-order valence-corrected chi connectivity index (χ2v) is 8.95. The first kappa shape index (κ1) is 22.2. The molecular formula is C22H32N4O4. The Morgan fingerprint density at radius 1 is 1.37 bits per heavy atom. The topological polar surface area (TPSA) is 101 Å². The average molecular weight is 417 g/mol. The number of carbonyl (C=O) groups excluding carboxylic acids is 3. The predicted molar refractivity (Wildman–Crippen MR) is 111 cm³/mol. The van der Waals surface area contributed by atoms with Gasteiger partial charge >= 0.3 is 5.97 Å². The summed E-state index contributed by atoms with van der Waals surface area (Å²) in [6, 6.07) is 3.29. The van der Waals surface area contributed by atoms with Crippen molar-refractivity contribution in [3.8, 4) is 0 Å². The molecule has 1 aliphatic heterocycles. The third-order valence-electron chi connectivity index (χ3n) is 5.99. The lowest BCUT2D eigenvalue weighted by Crippen LogP contribution is -2.57. The summed E-state index contributed by atoms with van der Waals surface area (Å²) >= 11 is 0. The van der Waals surface area contributed by atoms with Gasteiger partial charge < -0.3 is 10.1 Å². The first-order valence-electron chi connectivity index (χ1n) is 10.7. The summed E-state index contributed by atoms with van der Waals surface area (Å²) in [4.78, 5) is 41.3. The molecule has 3 rings (SSSR count). The van der Waals surface area contributed by atoms with E-state index in [1.165, 1.54) is 5.01 Å². The average Bonchev–Trinajstić information content (AvgIpc) is 3.57. The van der Waals surface area contributed by atoms with Crippen molar-refractivity contribution in [2.75, 3.05) is 19.7 Å². The zero-order valence-corrected chi connectivity index (χ0v) is 18.0. The Bertz CT molecular complexity index is 768. The van der Waals surface area contributed by atoms with Crippen LogP contribution in [-0.2, 0) is 19.1 Å². The van der Waals surface area contributed by atoms with Crippen LogP contribution in [-0.4, -0.2) is 53.5 Å². The SMILES string of the molecule is CCC(C)(C)COC(=O)[C@@H]1CCCN(C(=O)CNC(=O)[C@@H]2C[C@H]2c2cccnc2)N1. The molecule has 0 radical (unpaired) electrons. The number of ether oxygens (including phenoxy) is 1. The van der Waals surface area contributed by atoms with Gasteiger partial charge in [-0.1, -0.05) is 26.8 Å². The van der Waals surface area contributed by atoms with Crippen molar-refractivity contribution in [3.05, 3.63) is 30.1 Å². The van der Waals surface area contributed by atoms with Crippen molar-refractivity contribution in [2.45, 2.75) is 58.4 Å². The minimum Gasteiger partial charge on any atom is -0.464 e. The molecule has 1 aliphatic carbocycles. The molecule has 1 aromatic rings. The molecule has 8 nitrogen and oxygen atoms in total. The van der Waals surface area contributed by atoms with Crippen LogP contribution < -0.4 is 10.7 Å². The van der Waals surface area contributed by atoms with Gasteiger partial charge in [0.2, 0.25) is 5.91 Å². The fourth-order valence-corrected chi connectivity index (χ4v) is 3.44. The molecule has 164 valence electrons. The number of nitrogens with one attached hydrogen (secondary N) is 2. The number of hydrogen-bond acceptors (Lipinski definition) is 6. The van der Waals surface area contributed by atoms with E-state index in [0.717, 1.165) is 18.4 Å². The highest BCUT2D eigenvalue weighted by Crippen LogP contribution is 2.47. The van der Waals surface area contributed by atoms with Gasteiger partial charge in [-0.3, -0.25) is 24.4 Å². The van der Waals surface area contributed by atoms with Gasteiger partial charge in [-0.05, 0) is 48.6 Å². The normalized spacial score (nSPS) is 23.6. The minimum absolute atomic E-state index is 0.0689. The molecule has 2 fully saturated rings. The fraction of sp³-hybridized carbons (Fsp3) is 0.636. The van der Waals surface area contributed by atoms with Crippen molar-refractivity contribution in [3.63, 3.8) is 0 Å². The van der Waals surface area contributed by atoms with E-state index in [1.54, 1.807) is 12.4 Å². The second-order valence-electron chi connectivity index (χ2n) is 8.95. The summed E-state index contributed by atoms with van der Waals surface area (Å²) in [6.45, 7) is 6.91. The summed E-state index contributed by atoms with van der Waals surface area (Å²) in [5.74, 6) is -0.648. The van der Waals surface area contributed by atoms with Crippen LogP contribution in [0.25, 0.3) is 0 Å². The lowest BCUT2D eigenvalue weighted by Gasteiger charge is -2.33. The Kier molecular flexibility index (Phi) is 7.07. The Labute approximate surface area is 177 Å². The molecule has 1 saturated carbocycles. The van der Waals surface area contributed by atoms with Crippen LogP contribution in [0.5, 0.6) is 0 Å². The van der Waals surface area contributed by atoms with Crippen molar-refractivity contribution < 1.29 is 19.1 Å². The van der Waals surface area contributed by atoms with Crippen LogP contribution in [0, 0.1) is 11.3 Å². The number of hydrogen-bond donors (Lipinski definition) is 2. The van der Waals surface area contributed by atoms with E-state index in [2.05, 4.69) is 22.7 Å². The third-order valence-corrected chi connectivity index (χ3v) is 5.99. The second kappa shape index (κ2) is 9.55. The van der Waals surface area contributed by atoms with Crippen LogP contribution >= 0.6 is 0 Å². The number of rotatable bonds is 8. The summed E-state index contributed by atoms with van der Waals surface area (Å²) in [5.41, 5.74) is 3.94. The van der Waals surface area contributed by atoms with Crippen molar-refractivity contribution in [1.29, 1.82) is 0 Å². The molecule has 0 unspecified atom stereocenters. The lowest BCUT2D eigenvalue weighted by molar-refractivity contribution is -0.154. The molecule has 2 heterocycles.